The number of nitrogens with zero attached hydrogens (tertiary/aromatic N) is 1. The fourth-order valence-corrected chi connectivity index (χ4v) is 5.35. The molecule has 172 valence electrons. The van der Waals surface area contributed by atoms with Gasteiger partial charge in [-0.2, -0.15) is 0 Å². The van der Waals surface area contributed by atoms with E-state index >= 15 is 0 Å². The van der Waals surface area contributed by atoms with Gasteiger partial charge in [0.1, 0.15) is 5.60 Å². The zero-order valence-electron chi connectivity index (χ0n) is 19.3. The number of rotatable bonds is 6. The molecule has 4 rings (SSSR count). The molecule has 0 spiro atoms. The van der Waals surface area contributed by atoms with E-state index in [1.807, 2.05) is 49.9 Å². The average Bonchev–Trinajstić information content (AvgIpc) is 3.49. The number of hydrogen-bond acceptors (Lipinski definition) is 4. The Hall–Kier alpha value is -2.34. The van der Waals surface area contributed by atoms with Crippen molar-refractivity contribution in [2.24, 2.45) is 5.92 Å². The molecule has 1 saturated carbocycles. The number of carbonyl (C=O) groups excluding carboxylic acids is 2. The standard InChI is InChI=1S/C26H34N2O3S/c1-26(2,3)31-25(30)28-15-13-18(14-16-28)17-21(19-7-5-4-6-8-19)27-24(29)23-12-11-22(32-23)20-9-10-20/h4-8,11-12,18,20-21H,9-10,13-17H2,1-3H3,(H,27,29). The molecule has 32 heavy (non-hydrogen) atoms. The van der Waals surface area contributed by atoms with Crippen LogP contribution in [-0.2, 0) is 4.74 Å². The van der Waals surface area contributed by atoms with Crippen LogP contribution in [0.4, 0.5) is 4.79 Å². The average molecular weight is 455 g/mol. The van der Waals surface area contributed by atoms with Crippen molar-refractivity contribution in [2.75, 3.05) is 13.1 Å². The molecule has 1 aliphatic heterocycles. The number of ether oxygens (including phenoxy) is 1. The van der Waals surface area contributed by atoms with Crippen molar-refractivity contribution in [1.82, 2.24) is 10.2 Å². The van der Waals surface area contributed by atoms with Crippen LogP contribution < -0.4 is 5.32 Å². The molecule has 2 heterocycles. The maximum Gasteiger partial charge on any atom is 0.410 e. The predicted molar refractivity (Wildman–Crippen MR) is 128 cm³/mol. The molecule has 2 aromatic rings. The number of benzene rings is 1. The van der Waals surface area contributed by atoms with E-state index in [1.54, 1.807) is 11.3 Å². The smallest absolute Gasteiger partial charge is 0.410 e. The van der Waals surface area contributed by atoms with E-state index in [0.717, 1.165) is 29.7 Å². The Balaban J connectivity index is 1.37. The van der Waals surface area contributed by atoms with E-state index in [2.05, 4.69) is 23.5 Å². The molecule has 2 fully saturated rings. The second-order valence-corrected chi connectivity index (χ2v) is 11.2. The number of amides is 2. The first-order valence-corrected chi connectivity index (χ1v) is 12.5. The van der Waals surface area contributed by atoms with Gasteiger partial charge in [0.25, 0.3) is 5.91 Å². The molecule has 2 aliphatic rings. The monoisotopic (exact) mass is 454 g/mol. The van der Waals surface area contributed by atoms with Gasteiger partial charge in [-0.25, -0.2) is 4.79 Å². The Labute approximate surface area is 195 Å². The first-order valence-electron chi connectivity index (χ1n) is 11.7. The third kappa shape index (κ3) is 6.12. The van der Waals surface area contributed by atoms with E-state index in [0.29, 0.717) is 24.9 Å². The normalized spacial score (nSPS) is 18.3. The molecule has 5 nitrogen and oxygen atoms in total. The van der Waals surface area contributed by atoms with Crippen LogP contribution in [0, 0.1) is 5.92 Å². The molecular weight excluding hydrogens is 420 g/mol. The van der Waals surface area contributed by atoms with E-state index in [4.69, 9.17) is 4.74 Å². The molecule has 6 heteroatoms. The van der Waals surface area contributed by atoms with Crippen LogP contribution in [0.15, 0.2) is 42.5 Å². The second kappa shape index (κ2) is 9.65. The third-order valence-corrected chi connectivity index (χ3v) is 7.42. The van der Waals surface area contributed by atoms with Crippen molar-refractivity contribution in [3.8, 4) is 0 Å². The van der Waals surface area contributed by atoms with E-state index in [-0.39, 0.29) is 18.0 Å². The highest BCUT2D eigenvalue weighted by Crippen LogP contribution is 2.43. The summed E-state index contributed by atoms with van der Waals surface area (Å²) in [4.78, 5) is 29.3. The largest absolute Gasteiger partial charge is 0.444 e. The topological polar surface area (TPSA) is 58.6 Å². The van der Waals surface area contributed by atoms with Gasteiger partial charge in [-0.05, 0) is 82.4 Å². The molecule has 1 N–H and O–H groups in total. The minimum absolute atomic E-state index is 0.0157. The molecule has 1 atom stereocenters. The molecule has 0 bridgehead atoms. The first-order chi connectivity index (χ1) is 15.3. The van der Waals surface area contributed by atoms with Crippen LogP contribution in [0.3, 0.4) is 0 Å². The van der Waals surface area contributed by atoms with Crippen LogP contribution in [0.25, 0.3) is 0 Å². The summed E-state index contributed by atoms with van der Waals surface area (Å²) in [6.07, 6.45) is 4.98. The molecule has 1 unspecified atom stereocenters. The van der Waals surface area contributed by atoms with Gasteiger partial charge in [-0.1, -0.05) is 30.3 Å². The predicted octanol–water partition coefficient (Wildman–Crippen LogP) is 6.13. The number of hydrogen-bond donors (Lipinski definition) is 1. The van der Waals surface area contributed by atoms with E-state index in [1.165, 1.54) is 17.7 Å². The highest BCUT2D eigenvalue weighted by molar-refractivity contribution is 7.14. The summed E-state index contributed by atoms with van der Waals surface area (Å²) < 4.78 is 5.52. The van der Waals surface area contributed by atoms with Crippen molar-refractivity contribution in [1.29, 1.82) is 0 Å². The lowest BCUT2D eigenvalue weighted by molar-refractivity contribution is 0.0178. The Morgan fingerprint density at radius 3 is 2.38 bits per heavy atom. The molecule has 2 amide bonds. The molecular formula is C26H34N2O3S. The molecule has 0 radical (unpaired) electrons. The lowest BCUT2D eigenvalue weighted by Crippen LogP contribution is -2.42. The van der Waals surface area contributed by atoms with Gasteiger partial charge >= 0.3 is 6.09 Å². The molecule has 1 saturated heterocycles. The van der Waals surface area contributed by atoms with Crippen LogP contribution in [0.5, 0.6) is 0 Å². The molecule has 1 aliphatic carbocycles. The summed E-state index contributed by atoms with van der Waals surface area (Å²) in [6, 6.07) is 14.3. The van der Waals surface area contributed by atoms with Crippen molar-refractivity contribution < 1.29 is 14.3 Å². The molecule has 1 aromatic heterocycles. The van der Waals surface area contributed by atoms with Gasteiger partial charge in [-0.3, -0.25) is 4.79 Å². The summed E-state index contributed by atoms with van der Waals surface area (Å²) >= 11 is 1.63. The van der Waals surface area contributed by atoms with Gasteiger partial charge in [0, 0.05) is 18.0 Å². The Kier molecular flexibility index (Phi) is 6.89. The number of carbonyl (C=O) groups is 2. The third-order valence-electron chi connectivity index (χ3n) is 6.17. The maximum atomic E-state index is 13.0. The maximum absolute atomic E-state index is 13.0. The summed E-state index contributed by atoms with van der Waals surface area (Å²) in [6.45, 7) is 7.08. The zero-order chi connectivity index (χ0) is 22.7. The summed E-state index contributed by atoms with van der Waals surface area (Å²) in [5.74, 6) is 1.13. The first kappa shape index (κ1) is 22.8. The second-order valence-electron chi connectivity index (χ2n) is 10.1. The lowest BCUT2D eigenvalue weighted by Gasteiger charge is -2.35. The van der Waals surface area contributed by atoms with Crippen LogP contribution >= 0.6 is 11.3 Å². The number of likely N-dealkylation sites (tertiary alicyclic amines) is 1. The Bertz CT molecular complexity index is 922. The minimum atomic E-state index is -0.474. The summed E-state index contributed by atoms with van der Waals surface area (Å²) in [7, 11) is 0. The van der Waals surface area contributed by atoms with Crippen molar-refractivity contribution in [3.63, 3.8) is 0 Å². The van der Waals surface area contributed by atoms with Gasteiger partial charge in [0.15, 0.2) is 0 Å². The quantitative estimate of drug-likeness (QED) is 0.571. The van der Waals surface area contributed by atoms with Gasteiger partial charge in [0.05, 0.1) is 10.9 Å². The van der Waals surface area contributed by atoms with Crippen molar-refractivity contribution in [3.05, 3.63) is 57.8 Å². The number of nitrogens with one attached hydrogen (secondary N) is 1. The van der Waals surface area contributed by atoms with Gasteiger partial charge in [0.2, 0.25) is 0 Å². The Morgan fingerprint density at radius 1 is 1.06 bits per heavy atom. The van der Waals surface area contributed by atoms with E-state index < -0.39 is 5.60 Å². The van der Waals surface area contributed by atoms with Crippen LogP contribution in [-0.4, -0.2) is 35.6 Å². The SMILES string of the molecule is CC(C)(C)OC(=O)N1CCC(CC(NC(=O)c2ccc(C3CC3)s2)c2ccccc2)CC1. The summed E-state index contributed by atoms with van der Waals surface area (Å²) in [5.41, 5.74) is 0.659. The number of piperidine rings is 1. The van der Waals surface area contributed by atoms with Crippen molar-refractivity contribution >= 4 is 23.3 Å². The van der Waals surface area contributed by atoms with E-state index in [9.17, 15) is 9.59 Å². The lowest BCUT2D eigenvalue weighted by atomic mass is 9.87. The number of thiophene rings is 1. The van der Waals surface area contributed by atoms with Crippen LogP contribution in [0.2, 0.25) is 0 Å². The highest BCUT2D eigenvalue weighted by atomic mass is 32.1. The van der Waals surface area contributed by atoms with Crippen LogP contribution in [0.1, 0.15) is 84.9 Å². The fraction of sp³-hybridized carbons (Fsp3) is 0.538. The minimum Gasteiger partial charge on any atom is -0.444 e. The van der Waals surface area contributed by atoms with Gasteiger partial charge in [-0.15, -0.1) is 11.3 Å². The molecule has 1 aromatic carbocycles. The van der Waals surface area contributed by atoms with Gasteiger partial charge < -0.3 is 15.0 Å². The fourth-order valence-electron chi connectivity index (χ4n) is 4.27. The summed E-state index contributed by atoms with van der Waals surface area (Å²) in [5, 5.41) is 3.30. The zero-order valence-corrected chi connectivity index (χ0v) is 20.1. The highest BCUT2D eigenvalue weighted by Gasteiger charge is 2.30. The Morgan fingerprint density at radius 2 is 1.75 bits per heavy atom. The van der Waals surface area contributed by atoms with Crippen molar-refractivity contribution in [2.45, 2.75) is 70.4 Å².